The first kappa shape index (κ1) is 18.8. The third kappa shape index (κ3) is 4.22. The van der Waals surface area contributed by atoms with Gasteiger partial charge in [-0.3, -0.25) is 5.73 Å². The van der Waals surface area contributed by atoms with Crippen LogP contribution in [0.1, 0.15) is 23.7 Å². The van der Waals surface area contributed by atoms with E-state index in [0.717, 1.165) is 28.6 Å². The highest BCUT2D eigenvalue weighted by Crippen LogP contribution is 2.19. The number of rotatable bonds is 4. The van der Waals surface area contributed by atoms with Crippen molar-refractivity contribution >= 4 is 32.8 Å². The van der Waals surface area contributed by atoms with E-state index in [0.29, 0.717) is 0 Å². The Morgan fingerprint density at radius 3 is 2.48 bits per heavy atom. The second-order valence-corrected chi connectivity index (χ2v) is 7.98. The van der Waals surface area contributed by atoms with Gasteiger partial charge >= 0.3 is 16.0 Å². The van der Waals surface area contributed by atoms with Crippen molar-refractivity contribution in [3.8, 4) is 0 Å². The molecule has 0 spiro atoms. The third-order valence-corrected chi connectivity index (χ3v) is 5.56. The van der Waals surface area contributed by atoms with Gasteiger partial charge in [-0.2, -0.15) is 17.8 Å². The van der Waals surface area contributed by atoms with E-state index in [2.05, 4.69) is 32.7 Å². The first-order valence-corrected chi connectivity index (χ1v) is 10.0. The molecule has 0 saturated heterocycles. The summed E-state index contributed by atoms with van der Waals surface area (Å²) in [6.45, 7) is 5.85. The Balaban J connectivity index is 1.89. The van der Waals surface area contributed by atoms with Crippen LogP contribution in [-0.4, -0.2) is 24.3 Å². The van der Waals surface area contributed by atoms with Gasteiger partial charge in [-0.25, -0.2) is 10.3 Å². The lowest BCUT2D eigenvalue weighted by Gasteiger charge is -2.06. The number of guanidine groups is 1. The summed E-state index contributed by atoms with van der Waals surface area (Å²) in [5.74, 6) is 0.0628. The zero-order valence-corrected chi connectivity index (χ0v) is 16.3. The number of hydrogen-bond acceptors (Lipinski definition) is 4. The number of benzene rings is 2. The number of nitrogens with two attached hydrogens (primary N) is 1. The first-order valence-electron chi connectivity index (χ1n) is 8.54. The van der Waals surface area contributed by atoms with Crippen LogP contribution in [0.2, 0.25) is 0 Å². The molecule has 27 heavy (non-hydrogen) atoms. The molecule has 0 fully saturated rings. The summed E-state index contributed by atoms with van der Waals surface area (Å²) in [6, 6.07) is 12.5. The molecular formula is C19H22N5O2S+. The molecule has 4 N–H and O–H groups in total. The van der Waals surface area contributed by atoms with Gasteiger partial charge in [0.25, 0.3) is 5.95 Å². The van der Waals surface area contributed by atoms with Crippen molar-refractivity contribution in [2.24, 2.45) is 5.73 Å². The SMILES string of the molecule is CCc1ccc2nc(NC(N)=[NH+]S(=O)(=O)c3ccc(C)cc3)nc(C)c2c1. The number of nitrogens with one attached hydrogen (secondary N) is 2. The van der Waals surface area contributed by atoms with E-state index < -0.39 is 10.0 Å². The fourth-order valence-corrected chi connectivity index (χ4v) is 3.62. The molecule has 0 atom stereocenters. The minimum Gasteiger partial charge on any atom is -0.290 e. The van der Waals surface area contributed by atoms with E-state index in [1.807, 2.05) is 26.0 Å². The Hall–Kier alpha value is -3.00. The fourth-order valence-electron chi connectivity index (χ4n) is 2.67. The Labute approximate surface area is 158 Å². The second kappa shape index (κ2) is 7.32. The second-order valence-electron chi connectivity index (χ2n) is 6.29. The molecule has 2 aromatic carbocycles. The summed E-state index contributed by atoms with van der Waals surface area (Å²) in [7, 11) is -3.79. The summed E-state index contributed by atoms with van der Waals surface area (Å²) in [5, 5.41) is 3.68. The van der Waals surface area contributed by atoms with Crippen molar-refractivity contribution in [1.29, 1.82) is 0 Å². The topological polar surface area (TPSA) is 112 Å². The minimum atomic E-state index is -3.79. The van der Waals surface area contributed by atoms with Gasteiger partial charge in [0.1, 0.15) is 4.90 Å². The van der Waals surface area contributed by atoms with Gasteiger partial charge < -0.3 is 0 Å². The van der Waals surface area contributed by atoms with Crippen molar-refractivity contribution in [3.05, 3.63) is 59.3 Å². The third-order valence-electron chi connectivity index (χ3n) is 4.18. The summed E-state index contributed by atoms with van der Waals surface area (Å²) in [4.78, 5) is 8.91. The molecule has 0 aliphatic heterocycles. The van der Waals surface area contributed by atoms with Crippen LogP contribution in [0.25, 0.3) is 10.9 Å². The molecule has 7 nitrogen and oxygen atoms in total. The number of aryl methyl sites for hydroxylation is 3. The zero-order chi connectivity index (χ0) is 19.6. The number of fused-ring (bicyclic) bond motifs is 1. The van der Waals surface area contributed by atoms with E-state index in [4.69, 9.17) is 5.73 Å². The van der Waals surface area contributed by atoms with Crippen LogP contribution >= 0.6 is 0 Å². The van der Waals surface area contributed by atoms with Crippen molar-refractivity contribution in [2.75, 3.05) is 5.32 Å². The molecule has 0 unspecified atom stereocenters. The quantitative estimate of drug-likeness (QED) is 0.457. The highest BCUT2D eigenvalue weighted by Gasteiger charge is 2.17. The van der Waals surface area contributed by atoms with E-state index >= 15 is 0 Å². The van der Waals surface area contributed by atoms with Gasteiger partial charge in [0.05, 0.1) is 11.2 Å². The van der Waals surface area contributed by atoms with Crippen LogP contribution in [0.3, 0.4) is 0 Å². The summed E-state index contributed by atoms with van der Waals surface area (Å²) >= 11 is 0. The van der Waals surface area contributed by atoms with Crippen LogP contribution in [0, 0.1) is 13.8 Å². The molecule has 3 aromatic rings. The van der Waals surface area contributed by atoms with Crippen molar-refractivity contribution in [3.63, 3.8) is 0 Å². The number of anilines is 1. The monoisotopic (exact) mass is 384 g/mol. The Morgan fingerprint density at radius 2 is 1.81 bits per heavy atom. The Morgan fingerprint density at radius 1 is 1.11 bits per heavy atom. The maximum Gasteiger partial charge on any atom is 0.363 e. The molecule has 1 aromatic heterocycles. The standard InChI is InChI=1S/C19H21N5O2S/c1-4-14-7-10-17-16(11-14)13(3)21-19(22-17)23-18(20)24-27(25,26)15-8-5-12(2)6-9-15/h5-11H,4H2,1-3H3,(H3,20,21,22,23,24)/p+1. The maximum absolute atomic E-state index is 12.4. The predicted octanol–water partition coefficient (Wildman–Crippen LogP) is 1.01. The lowest BCUT2D eigenvalue weighted by atomic mass is 10.1. The molecule has 0 amide bonds. The molecule has 140 valence electrons. The van der Waals surface area contributed by atoms with E-state index in [1.165, 1.54) is 17.7 Å². The van der Waals surface area contributed by atoms with Crippen molar-refractivity contribution in [1.82, 2.24) is 9.97 Å². The van der Waals surface area contributed by atoms with Crippen molar-refractivity contribution < 1.29 is 12.8 Å². The number of nitrogens with zero attached hydrogens (tertiary/aromatic N) is 2. The molecule has 0 aliphatic carbocycles. The molecule has 0 saturated carbocycles. The Kier molecular flexibility index (Phi) is 5.09. The van der Waals surface area contributed by atoms with E-state index in [1.54, 1.807) is 12.1 Å². The van der Waals surface area contributed by atoms with Crippen LogP contribution in [0.4, 0.5) is 5.95 Å². The molecule has 3 rings (SSSR count). The lowest BCUT2D eigenvalue weighted by Crippen LogP contribution is -2.80. The predicted molar refractivity (Wildman–Crippen MR) is 106 cm³/mol. The normalized spacial score (nSPS) is 12.3. The van der Waals surface area contributed by atoms with E-state index in [-0.39, 0.29) is 16.8 Å². The van der Waals surface area contributed by atoms with Crippen LogP contribution in [0.5, 0.6) is 0 Å². The van der Waals surface area contributed by atoms with Gasteiger partial charge in [-0.1, -0.05) is 30.7 Å². The van der Waals surface area contributed by atoms with Crippen molar-refractivity contribution in [2.45, 2.75) is 32.1 Å². The molecular weight excluding hydrogens is 362 g/mol. The fraction of sp³-hybridized carbons (Fsp3) is 0.211. The molecule has 0 aliphatic rings. The molecule has 8 heteroatoms. The summed E-state index contributed by atoms with van der Waals surface area (Å²) in [5.41, 5.74) is 9.55. The summed E-state index contributed by atoms with van der Waals surface area (Å²) in [6.07, 6.45) is 0.927. The number of hydrogen-bond donors (Lipinski definition) is 3. The van der Waals surface area contributed by atoms with Gasteiger partial charge in [-0.15, -0.1) is 0 Å². The highest BCUT2D eigenvalue weighted by molar-refractivity contribution is 7.84. The maximum atomic E-state index is 12.4. The average molecular weight is 384 g/mol. The Bertz CT molecular complexity index is 1120. The van der Waals surface area contributed by atoms with E-state index in [9.17, 15) is 8.42 Å². The number of aromatic nitrogens is 2. The first-order chi connectivity index (χ1) is 12.8. The van der Waals surface area contributed by atoms with Crippen LogP contribution in [0.15, 0.2) is 47.4 Å². The van der Waals surface area contributed by atoms with Crippen LogP contribution < -0.4 is 15.4 Å². The number of sulfonamides is 1. The van der Waals surface area contributed by atoms with Gasteiger partial charge in [0.15, 0.2) is 0 Å². The largest absolute Gasteiger partial charge is 0.363 e. The van der Waals surface area contributed by atoms with Gasteiger partial charge in [0.2, 0.25) is 0 Å². The smallest absolute Gasteiger partial charge is 0.290 e. The minimum absolute atomic E-state index is 0.126. The lowest BCUT2D eigenvalue weighted by molar-refractivity contribution is -0.268. The van der Waals surface area contributed by atoms with Gasteiger partial charge in [0, 0.05) is 5.39 Å². The zero-order valence-electron chi connectivity index (χ0n) is 15.4. The molecule has 0 radical (unpaired) electrons. The van der Waals surface area contributed by atoms with Gasteiger partial charge in [-0.05, 0) is 50.1 Å². The average Bonchev–Trinajstić information content (AvgIpc) is 2.61. The molecule has 0 bridgehead atoms. The summed E-state index contributed by atoms with van der Waals surface area (Å²) < 4.78 is 27.1. The van der Waals surface area contributed by atoms with Crippen LogP contribution in [-0.2, 0) is 16.4 Å². The molecule has 1 heterocycles. The highest BCUT2D eigenvalue weighted by atomic mass is 32.2.